The van der Waals surface area contributed by atoms with E-state index >= 15 is 0 Å². The molecular formula is C25H22F3N3O5S. The van der Waals surface area contributed by atoms with Gasteiger partial charge in [-0.3, -0.25) is 9.59 Å². The summed E-state index contributed by atoms with van der Waals surface area (Å²) >= 11 is 0. The van der Waals surface area contributed by atoms with Gasteiger partial charge in [0, 0.05) is 6.54 Å². The van der Waals surface area contributed by atoms with Crippen LogP contribution in [-0.4, -0.2) is 36.7 Å². The normalized spacial score (nSPS) is 31.0. The Balaban J connectivity index is 1.49. The number of sulfonamides is 1. The van der Waals surface area contributed by atoms with Gasteiger partial charge in [-0.25, -0.2) is 18.0 Å². The van der Waals surface area contributed by atoms with E-state index in [0.717, 1.165) is 17.7 Å². The van der Waals surface area contributed by atoms with Gasteiger partial charge in [-0.15, -0.1) is 0 Å². The number of imide groups is 1. The predicted octanol–water partition coefficient (Wildman–Crippen LogP) is 3.12. The van der Waals surface area contributed by atoms with Crippen molar-refractivity contribution in [2.45, 2.75) is 49.4 Å². The first-order valence-electron chi connectivity index (χ1n) is 11.4. The molecule has 3 saturated heterocycles. The van der Waals surface area contributed by atoms with E-state index in [4.69, 9.17) is 10.00 Å². The number of fused-ring (bicyclic) bond motifs is 5. The van der Waals surface area contributed by atoms with Gasteiger partial charge in [0.2, 0.25) is 21.8 Å². The Morgan fingerprint density at radius 3 is 2.38 bits per heavy atom. The van der Waals surface area contributed by atoms with E-state index in [-0.39, 0.29) is 18.7 Å². The molecule has 3 heterocycles. The first kappa shape index (κ1) is 25.4. The third kappa shape index (κ3) is 3.75. The molecule has 5 atom stereocenters. The Morgan fingerprint density at radius 1 is 1.11 bits per heavy atom. The highest BCUT2D eigenvalue weighted by molar-refractivity contribution is 7.90. The fourth-order valence-corrected chi connectivity index (χ4v) is 7.98. The largest absolute Gasteiger partial charge is 0.417 e. The second kappa shape index (κ2) is 8.11. The quantitative estimate of drug-likeness (QED) is 0.591. The lowest BCUT2D eigenvalue weighted by atomic mass is 9.68. The number of anilines is 1. The number of ether oxygens (including phenoxy) is 1. The molecular weight excluding hydrogens is 511 g/mol. The number of amides is 2. The minimum absolute atomic E-state index is 0.0189. The van der Waals surface area contributed by atoms with Crippen LogP contribution in [0.2, 0.25) is 0 Å². The van der Waals surface area contributed by atoms with Crippen LogP contribution >= 0.6 is 0 Å². The van der Waals surface area contributed by atoms with Crippen LogP contribution in [0.5, 0.6) is 0 Å². The molecule has 2 amide bonds. The van der Waals surface area contributed by atoms with E-state index in [2.05, 4.69) is 4.72 Å². The fraction of sp³-hybridized carbons (Fsp3) is 0.400. The maximum atomic E-state index is 13.6. The maximum absolute atomic E-state index is 13.6. The molecule has 2 aromatic rings. The van der Waals surface area contributed by atoms with Crippen molar-refractivity contribution in [3.8, 4) is 6.07 Å². The summed E-state index contributed by atoms with van der Waals surface area (Å²) in [6.45, 7) is 3.03. The summed E-state index contributed by atoms with van der Waals surface area (Å²) in [4.78, 5) is 27.7. The molecule has 194 valence electrons. The summed E-state index contributed by atoms with van der Waals surface area (Å²) in [6.07, 6.45) is -4.95. The number of carbonyl (C=O) groups is 2. The molecule has 0 spiro atoms. The maximum Gasteiger partial charge on any atom is 0.417 e. The predicted molar refractivity (Wildman–Crippen MR) is 124 cm³/mol. The Kier molecular flexibility index (Phi) is 5.57. The van der Waals surface area contributed by atoms with Crippen LogP contribution in [0.25, 0.3) is 0 Å². The van der Waals surface area contributed by atoms with Gasteiger partial charge in [-0.05, 0) is 44.0 Å². The average Bonchev–Trinajstić information content (AvgIpc) is 3.38. The number of hydrogen-bond donors (Lipinski definition) is 1. The molecule has 12 heteroatoms. The fourth-order valence-electron chi connectivity index (χ4n) is 6.05. The van der Waals surface area contributed by atoms with Crippen molar-refractivity contribution in [1.29, 1.82) is 5.26 Å². The van der Waals surface area contributed by atoms with Crippen LogP contribution < -0.4 is 9.62 Å². The Morgan fingerprint density at radius 2 is 1.76 bits per heavy atom. The monoisotopic (exact) mass is 533 g/mol. The van der Waals surface area contributed by atoms with Crippen molar-refractivity contribution in [2.75, 3.05) is 4.90 Å². The minimum atomic E-state index is -4.88. The highest BCUT2D eigenvalue weighted by Gasteiger charge is 2.77. The van der Waals surface area contributed by atoms with Crippen LogP contribution in [0.1, 0.15) is 37.0 Å². The highest BCUT2D eigenvalue weighted by Crippen LogP contribution is 2.62. The van der Waals surface area contributed by atoms with Crippen LogP contribution in [0.3, 0.4) is 0 Å². The van der Waals surface area contributed by atoms with E-state index in [1.807, 2.05) is 0 Å². The number of rotatable bonds is 5. The van der Waals surface area contributed by atoms with Gasteiger partial charge < -0.3 is 4.74 Å². The number of nitrogens with one attached hydrogen (secondary N) is 1. The molecule has 0 aliphatic carbocycles. The molecule has 2 unspecified atom stereocenters. The molecule has 2 bridgehead atoms. The lowest BCUT2D eigenvalue weighted by molar-refractivity contribution is -0.138. The van der Waals surface area contributed by atoms with Crippen LogP contribution in [-0.2, 0) is 37.1 Å². The minimum Gasteiger partial charge on any atom is -0.366 e. The summed E-state index contributed by atoms with van der Waals surface area (Å²) in [5.41, 5.74) is -4.41. The van der Waals surface area contributed by atoms with E-state index in [0.29, 0.717) is 11.0 Å². The number of nitriles is 1. The third-order valence-corrected chi connectivity index (χ3v) is 9.58. The molecule has 0 aromatic heterocycles. The summed E-state index contributed by atoms with van der Waals surface area (Å²) in [5, 5.41) is 7.90. The molecule has 3 fully saturated rings. The number of benzene rings is 2. The molecule has 8 nitrogen and oxygen atoms in total. The second-order valence-corrected chi connectivity index (χ2v) is 11.9. The van der Waals surface area contributed by atoms with Crippen LogP contribution in [0.15, 0.2) is 48.5 Å². The molecule has 37 heavy (non-hydrogen) atoms. The molecule has 0 radical (unpaired) electrons. The summed E-state index contributed by atoms with van der Waals surface area (Å²) in [6, 6.07) is 12.9. The van der Waals surface area contributed by atoms with Crippen molar-refractivity contribution in [1.82, 2.24) is 4.72 Å². The van der Waals surface area contributed by atoms with Crippen molar-refractivity contribution in [3.05, 3.63) is 65.2 Å². The van der Waals surface area contributed by atoms with Gasteiger partial charge >= 0.3 is 6.18 Å². The van der Waals surface area contributed by atoms with Crippen LogP contribution in [0.4, 0.5) is 18.9 Å². The number of hydrogen-bond acceptors (Lipinski definition) is 6. The van der Waals surface area contributed by atoms with Crippen LogP contribution in [0, 0.1) is 23.2 Å². The Hall–Kier alpha value is -3.27. The Labute approximate surface area is 211 Å². The van der Waals surface area contributed by atoms with Gasteiger partial charge in [-0.2, -0.15) is 18.4 Å². The zero-order valence-corrected chi connectivity index (χ0v) is 20.6. The summed E-state index contributed by atoms with van der Waals surface area (Å²) < 4.78 is 75.9. The van der Waals surface area contributed by atoms with Gasteiger partial charge in [0.05, 0.1) is 45.9 Å². The lowest BCUT2D eigenvalue weighted by Gasteiger charge is -2.34. The smallest absolute Gasteiger partial charge is 0.366 e. The van der Waals surface area contributed by atoms with Crippen molar-refractivity contribution in [3.63, 3.8) is 0 Å². The number of carbonyl (C=O) groups excluding carboxylic acids is 2. The van der Waals surface area contributed by atoms with Gasteiger partial charge in [0.15, 0.2) is 0 Å². The molecule has 2 aromatic carbocycles. The zero-order chi connectivity index (χ0) is 27.0. The number of alkyl halides is 3. The number of nitrogens with zero attached hydrogens (tertiary/aromatic N) is 2. The topological polar surface area (TPSA) is 117 Å². The zero-order valence-electron chi connectivity index (χ0n) is 19.7. The second-order valence-electron chi connectivity index (χ2n) is 9.95. The molecule has 5 rings (SSSR count). The van der Waals surface area contributed by atoms with Gasteiger partial charge in [0.25, 0.3) is 0 Å². The van der Waals surface area contributed by atoms with Crippen molar-refractivity contribution < 1.29 is 35.9 Å². The van der Waals surface area contributed by atoms with Gasteiger partial charge in [0.1, 0.15) is 5.25 Å². The highest BCUT2D eigenvalue weighted by atomic mass is 32.2. The van der Waals surface area contributed by atoms with E-state index < -0.39 is 67.4 Å². The van der Waals surface area contributed by atoms with E-state index in [1.54, 1.807) is 37.3 Å². The molecule has 3 aliphatic rings. The Bertz CT molecular complexity index is 1460. The molecule has 0 saturated carbocycles. The van der Waals surface area contributed by atoms with Crippen molar-refractivity contribution in [2.24, 2.45) is 11.8 Å². The summed E-state index contributed by atoms with van der Waals surface area (Å²) in [7, 11) is -4.02. The van der Waals surface area contributed by atoms with Crippen molar-refractivity contribution >= 4 is 27.5 Å². The van der Waals surface area contributed by atoms with Gasteiger partial charge in [-0.1, -0.05) is 30.3 Å². The van der Waals surface area contributed by atoms with E-state index in [9.17, 15) is 31.2 Å². The SMILES string of the molecule is CC12C[C@@H](S(=O)(=O)NCc3ccccc3)C(C)(O1)[C@@H]1C(=O)N(c3ccc(C#N)c(C(F)(F)F)c3)C(=O)[C@@H]12. The third-order valence-electron chi connectivity index (χ3n) is 7.65. The number of halogens is 3. The first-order chi connectivity index (χ1) is 17.2. The standard InChI is InChI=1S/C25H22F3N3O5S/c1-23-11-18(37(34,35)30-13-14-6-4-3-5-7-14)24(2,36-23)20-19(23)21(32)31(22(20)33)16-9-8-15(12-29)17(10-16)25(26,27)28/h3-10,18-20,30H,11,13H2,1-2H3/t18-,19-,20+,23?,24?/m1/s1. The lowest BCUT2D eigenvalue weighted by Crippen LogP contribution is -2.54. The van der Waals surface area contributed by atoms with E-state index in [1.165, 1.54) is 13.0 Å². The molecule has 3 aliphatic heterocycles. The average molecular weight is 534 g/mol. The molecule has 1 N–H and O–H groups in total. The first-order valence-corrected chi connectivity index (χ1v) is 13.0. The summed E-state index contributed by atoms with van der Waals surface area (Å²) in [5.74, 6) is -3.85.